The molecule has 2 N–H and O–H groups in total. The summed E-state index contributed by atoms with van der Waals surface area (Å²) >= 11 is 1.28. The van der Waals surface area contributed by atoms with Crippen LogP contribution < -0.4 is 10.6 Å². The molecule has 1 aliphatic heterocycles. The Labute approximate surface area is 117 Å². The molecule has 0 saturated carbocycles. The highest BCUT2D eigenvalue weighted by molar-refractivity contribution is 7.11. The highest BCUT2D eigenvalue weighted by Crippen LogP contribution is 2.38. The molecule has 0 radical (unpaired) electrons. The van der Waals surface area contributed by atoms with E-state index < -0.39 is 5.97 Å². The van der Waals surface area contributed by atoms with Crippen molar-refractivity contribution in [3.63, 3.8) is 0 Å². The first kappa shape index (κ1) is 14.1. The molecule has 1 aromatic rings. The van der Waals surface area contributed by atoms with Gasteiger partial charge in [-0.15, -0.1) is 0 Å². The van der Waals surface area contributed by atoms with E-state index in [1.165, 1.54) is 25.1 Å². The molecule has 0 aliphatic carbocycles. The van der Waals surface area contributed by atoms with Gasteiger partial charge >= 0.3 is 5.97 Å². The fourth-order valence-corrected chi connectivity index (χ4v) is 3.67. The van der Waals surface area contributed by atoms with Gasteiger partial charge in [0, 0.05) is 12.6 Å². The Morgan fingerprint density at radius 3 is 2.79 bits per heavy atom. The molecule has 19 heavy (non-hydrogen) atoms. The molecule has 0 amide bonds. The first-order valence-corrected chi connectivity index (χ1v) is 7.33. The van der Waals surface area contributed by atoms with Crippen LogP contribution in [-0.2, 0) is 4.74 Å². The molecule has 1 saturated heterocycles. The van der Waals surface area contributed by atoms with Gasteiger partial charge in [0.2, 0.25) is 0 Å². The Balaban J connectivity index is 2.38. The number of hydrogen-bond acceptors (Lipinski definition) is 6. The summed E-state index contributed by atoms with van der Waals surface area (Å²) in [4.78, 5) is 14.1. The molecule has 6 heteroatoms. The smallest absolute Gasteiger partial charge is 0.344 e. The Kier molecular flexibility index (Phi) is 3.99. The van der Waals surface area contributed by atoms with Crippen molar-refractivity contribution in [3.8, 4) is 0 Å². The van der Waals surface area contributed by atoms with Gasteiger partial charge in [-0.2, -0.15) is 4.37 Å². The van der Waals surface area contributed by atoms with Crippen LogP contribution in [-0.4, -0.2) is 30.0 Å². The number of rotatable bonds is 2. The van der Waals surface area contributed by atoms with E-state index in [4.69, 9.17) is 10.5 Å². The minimum absolute atomic E-state index is 0.268. The number of nitrogen functional groups attached to an aromatic ring is 1. The Morgan fingerprint density at radius 2 is 2.16 bits per heavy atom. The van der Waals surface area contributed by atoms with Crippen LogP contribution in [0.1, 0.15) is 37.6 Å². The van der Waals surface area contributed by atoms with Crippen molar-refractivity contribution in [1.82, 2.24) is 4.37 Å². The number of methoxy groups -OCH3 is 1. The van der Waals surface area contributed by atoms with Crippen molar-refractivity contribution in [2.24, 2.45) is 11.8 Å². The summed E-state index contributed by atoms with van der Waals surface area (Å²) in [5.41, 5.74) is 6.23. The number of anilines is 2. The molecule has 0 spiro atoms. The van der Waals surface area contributed by atoms with Gasteiger partial charge in [0.15, 0.2) is 5.82 Å². The van der Waals surface area contributed by atoms with Gasteiger partial charge in [-0.3, -0.25) is 0 Å². The number of piperidine rings is 1. The second kappa shape index (κ2) is 5.36. The molecule has 2 heterocycles. The molecule has 0 bridgehead atoms. The van der Waals surface area contributed by atoms with Crippen molar-refractivity contribution >= 4 is 28.3 Å². The van der Waals surface area contributed by atoms with Crippen LogP contribution in [0.2, 0.25) is 0 Å². The summed E-state index contributed by atoms with van der Waals surface area (Å²) in [6.07, 6.45) is 1.21. The minimum Gasteiger partial charge on any atom is -0.465 e. The lowest BCUT2D eigenvalue weighted by Crippen LogP contribution is -2.46. The number of nitrogens with zero attached hydrogens (tertiary/aromatic N) is 2. The quantitative estimate of drug-likeness (QED) is 0.844. The van der Waals surface area contributed by atoms with Gasteiger partial charge in [-0.05, 0) is 36.7 Å². The fraction of sp³-hybridized carbons (Fsp3) is 0.692. The monoisotopic (exact) mass is 283 g/mol. The highest BCUT2D eigenvalue weighted by atomic mass is 32.1. The van der Waals surface area contributed by atoms with E-state index in [1.54, 1.807) is 0 Å². The summed E-state index contributed by atoms with van der Waals surface area (Å²) in [6, 6.07) is 0.374. The molecule has 1 fully saturated rings. The zero-order chi connectivity index (χ0) is 14.2. The maximum absolute atomic E-state index is 11.9. The third kappa shape index (κ3) is 2.54. The average Bonchev–Trinajstić information content (AvgIpc) is 2.74. The Hall–Kier alpha value is -1.30. The van der Waals surface area contributed by atoms with Gasteiger partial charge in [-0.1, -0.05) is 13.8 Å². The number of hydrogen-bond donors (Lipinski definition) is 1. The van der Waals surface area contributed by atoms with E-state index in [-0.39, 0.29) is 5.82 Å². The molecule has 1 aliphatic rings. The lowest BCUT2D eigenvalue weighted by molar-refractivity contribution is 0.0602. The molecular weight excluding hydrogens is 262 g/mol. The normalized spacial score (nSPS) is 27.4. The highest BCUT2D eigenvalue weighted by Gasteiger charge is 2.33. The van der Waals surface area contributed by atoms with Crippen LogP contribution in [0.4, 0.5) is 10.8 Å². The first-order valence-electron chi connectivity index (χ1n) is 6.55. The average molecular weight is 283 g/mol. The van der Waals surface area contributed by atoms with Gasteiger partial charge < -0.3 is 15.4 Å². The molecule has 1 aromatic heterocycles. The van der Waals surface area contributed by atoms with Crippen molar-refractivity contribution in [1.29, 1.82) is 0 Å². The van der Waals surface area contributed by atoms with Crippen molar-refractivity contribution in [3.05, 3.63) is 5.56 Å². The standard InChI is InChI=1S/C13H21N3O2S/c1-7-5-8(2)9(3)16(6-7)12-10(13(17)18-4)11(14)15-19-12/h7-9H,5-6H2,1-4H3,(H2,14,15). The summed E-state index contributed by atoms with van der Waals surface area (Å²) in [6.45, 7) is 7.60. The number of carbonyl (C=O) groups is 1. The largest absolute Gasteiger partial charge is 0.465 e. The maximum atomic E-state index is 11.9. The van der Waals surface area contributed by atoms with Gasteiger partial charge in [0.05, 0.1) is 7.11 Å². The molecular formula is C13H21N3O2S. The van der Waals surface area contributed by atoms with Crippen LogP contribution in [0.3, 0.4) is 0 Å². The van der Waals surface area contributed by atoms with Gasteiger partial charge in [0.25, 0.3) is 0 Å². The van der Waals surface area contributed by atoms with Gasteiger partial charge in [-0.25, -0.2) is 4.79 Å². The van der Waals surface area contributed by atoms with E-state index in [1.807, 2.05) is 0 Å². The van der Waals surface area contributed by atoms with E-state index >= 15 is 0 Å². The number of carbonyl (C=O) groups excluding carboxylic acids is 1. The first-order chi connectivity index (χ1) is 8.95. The van der Waals surface area contributed by atoms with E-state index in [9.17, 15) is 4.79 Å². The van der Waals surface area contributed by atoms with Crippen molar-refractivity contribution in [2.75, 3.05) is 24.3 Å². The number of nitrogens with two attached hydrogens (primary N) is 1. The topological polar surface area (TPSA) is 68.5 Å². The van der Waals surface area contributed by atoms with E-state index in [2.05, 4.69) is 30.0 Å². The molecule has 2 rings (SSSR count). The molecule has 5 nitrogen and oxygen atoms in total. The van der Waals surface area contributed by atoms with Crippen LogP contribution >= 0.6 is 11.5 Å². The van der Waals surface area contributed by atoms with E-state index in [0.29, 0.717) is 23.4 Å². The minimum atomic E-state index is -0.403. The van der Waals surface area contributed by atoms with Crippen molar-refractivity contribution in [2.45, 2.75) is 33.2 Å². The molecule has 0 aromatic carbocycles. The molecule has 3 unspecified atom stereocenters. The number of esters is 1. The van der Waals surface area contributed by atoms with Gasteiger partial charge in [0.1, 0.15) is 10.6 Å². The lowest BCUT2D eigenvalue weighted by Gasteiger charge is -2.41. The third-order valence-electron chi connectivity index (χ3n) is 3.95. The second-order valence-corrected chi connectivity index (χ2v) is 6.20. The van der Waals surface area contributed by atoms with E-state index in [0.717, 1.165) is 11.5 Å². The molecule has 3 atom stereocenters. The predicted molar refractivity (Wildman–Crippen MR) is 77.6 cm³/mol. The third-order valence-corrected chi connectivity index (χ3v) is 4.85. The number of aromatic nitrogens is 1. The molecule has 106 valence electrons. The van der Waals surface area contributed by atoms with Crippen LogP contribution in [0.15, 0.2) is 0 Å². The van der Waals surface area contributed by atoms with Crippen molar-refractivity contribution < 1.29 is 9.53 Å². The second-order valence-electron chi connectivity index (χ2n) is 5.45. The summed E-state index contributed by atoms with van der Waals surface area (Å²) in [5, 5.41) is 0.843. The summed E-state index contributed by atoms with van der Waals surface area (Å²) in [7, 11) is 1.37. The lowest BCUT2D eigenvalue weighted by atomic mass is 9.86. The predicted octanol–water partition coefficient (Wildman–Crippen LogP) is 2.38. The van der Waals surface area contributed by atoms with Crippen LogP contribution in [0.25, 0.3) is 0 Å². The summed E-state index contributed by atoms with van der Waals surface area (Å²) < 4.78 is 8.94. The zero-order valence-electron chi connectivity index (χ0n) is 11.8. The number of ether oxygens (including phenoxy) is 1. The zero-order valence-corrected chi connectivity index (χ0v) is 12.7. The Bertz CT molecular complexity index is 474. The maximum Gasteiger partial charge on any atom is 0.344 e. The Morgan fingerprint density at radius 1 is 1.47 bits per heavy atom. The SMILES string of the molecule is COC(=O)c1c(N)nsc1N1CC(C)CC(C)C1C. The summed E-state index contributed by atoms with van der Waals surface area (Å²) in [5.74, 6) is 1.04. The fourth-order valence-electron chi connectivity index (χ4n) is 2.77. The van der Waals surface area contributed by atoms with Crippen LogP contribution in [0, 0.1) is 11.8 Å². The van der Waals surface area contributed by atoms with Crippen LogP contribution in [0.5, 0.6) is 0 Å².